The second-order valence-corrected chi connectivity index (χ2v) is 6.26. The van der Waals surface area contributed by atoms with Crippen LogP contribution < -0.4 is 10.1 Å². The van der Waals surface area contributed by atoms with Crippen LogP contribution in [0.3, 0.4) is 0 Å². The summed E-state index contributed by atoms with van der Waals surface area (Å²) in [7, 11) is 1.59. The monoisotopic (exact) mass is 346 g/mol. The molecular weight excluding hydrogens is 324 g/mol. The van der Waals surface area contributed by atoms with Gasteiger partial charge in [0.25, 0.3) is 0 Å². The standard InChI is InChI=1S/C18H22N2O5/c1-24-13-4-5-15-14(8-13)12(9-19-15)7-16(21)20-17(18(22)23)11-3-2-6-25-10-11/h4-5,8-9,11,17,19H,2-3,6-7,10H2,1H3,(H,20,21)(H,22,23). The van der Waals surface area contributed by atoms with Gasteiger partial charge >= 0.3 is 5.97 Å². The van der Waals surface area contributed by atoms with E-state index in [4.69, 9.17) is 9.47 Å². The summed E-state index contributed by atoms with van der Waals surface area (Å²) in [5, 5.41) is 13.0. The first-order valence-electron chi connectivity index (χ1n) is 8.32. The zero-order chi connectivity index (χ0) is 17.8. The summed E-state index contributed by atoms with van der Waals surface area (Å²) in [5.41, 5.74) is 1.70. The lowest BCUT2D eigenvalue weighted by molar-refractivity contribution is -0.145. The minimum Gasteiger partial charge on any atom is -0.497 e. The molecule has 1 aliphatic rings. The molecule has 0 spiro atoms. The maximum absolute atomic E-state index is 12.4. The lowest BCUT2D eigenvalue weighted by Crippen LogP contribution is -2.48. The van der Waals surface area contributed by atoms with E-state index in [0.29, 0.717) is 19.0 Å². The molecule has 2 unspecified atom stereocenters. The van der Waals surface area contributed by atoms with E-state index in [1.165, 1.54) is 0 Å². The Hall–Kier alpha value is -2.54. The molecule has 1 aromatic heterocycles. The number of methoxy groups -OCH3 is 1. The smallest absolute Gasteiger partial charge is 0.326 e. The number of carboxylic acid groups (broad SMARTS) is 1. The highest BCUT2D eigenvalue weighted by atomic mass is 16.5. The Balaban J connectivity index is 1.71. The van der Waals surface area contributed by atoms with Gasteiger partial charge in [-0.2, -0.15) is 0 Å². The van der Waals surface area contributed by atoms with E-state index in [9.17, 15) is 14.7 Å². The molecule has 0 aliphatic carbocycles. The van der Waals surface area contributed by atoms with Crippen LogP contribution in [0, 0.1) is 5.92 Å². The van der Waals surface area contributed by atoms with Gasteiger partial charge in [0.2, 0.25) is 5.91 Å². The van der Waals surface area contributed by atoms with Gasteiger partial charge in [-0.1, -0.05) is 0 Å². The average Bonchev–Trinajstić information content (AvgIpc) is 3.02. The van der Waals surface area contributed by atoms with E-state index < -0.39 is 12.0 Å². The summed E-state index contributed by atoms with van der Waals surface area (Å²) in [5.74, 6) is -0.832. The molecule has 1 amide bonds. The first-order chi connectivity index (χ1) is 12.1. The largest absolute Gasteiger partial charge is 0.497 e. The van der Waals surface area contributed by atoms with Crippen LogP contribution in [0.4, 0.5) is 0 Å². The number of nitrogens with one attached hydrogen (secondary N) is 2. The van der Waals surface area contributed by atoms with Crippen LogP contribution in [0.1, 0.15) is 18.4 Å². The highest BCUT2D eigenvalue weighted by Gasteiger charge is 2.31. The van der Waals surface area contributed by atoms with Crippen LogP contribution in [-0.2, 0) is 20.7 Å². The van der Waals surface area contributed by atoms with Gasteiger partial charge in [0, 0.05) is 29.6 Å². The molecule has 25 heavy (non-hydrogen) atoms. The summed E-state index contributed by atoms with van der Waals surface area (Å²) in [4.78, 5) is 27.1. The molecule has 2 heterocycles. The molecular formula is C18H22N2O5. The van der Waals surface area contributed by atoms with E-state index in [1.54, 1.807) is 13.3 Å². The fraction of sp³-hybridized carbons (Fsp3) is 0.444. The molecule has 2 aromatic rings. The van der Waals surface area contributed by atoms with Gasteiger partial charge in [-0.05, 0) is 36.6 Å². The summed E-state index contributed by atoms with van der Waals surface area (Å²) in [6.45, 7) is 1.01. The molecule has 0 radical (unpaired) electrons. The van der Waals surface area contributed by atoms with E-state index in [1.807, 2.05) is 18.2 Å². The zero-order valence-corrected chi connectivity index (χ0v) is 14.1. The van der Waals surface area contributed by atoms with Crippen molar-refractivity contribution in [3.05, 3.63) is 30.0 Å². The van der Waals surface area contributed by atoms with Crippen molar-refractivity contribution >= 4 is 22.8 Å². The van der Waals surface area contributed by atoms with Crippen molar-refractivity contribution in [2.75, 3.05) is 20.3 Å². The maximum Gasteiger partial charge on any atom is 0.326 e. The SMILES string of the molecule is COc1ccc2[nH]cc(CC(=O)NC(C(=O)O)C3CCCOC3)c2c1. The lowest BCUT2D eigenvalue weighted by atomic mass is 9.93. The van der Waals surface area contributed by atoms with Crippen molar-refractivity contribution in [3.8, 4) is 5.75 Å². The third-order valence-electron chi connectivity index (χ3n) is 4.58. The number of fused-ring (bicyclic) bond motifs is 1. The number of rotatable bonds is 6. The number of carbonyl (C=O) groups excluding carboxylic acids is 1. The van der Waals surface area contributed by atoms with Crippen molar-refractivity contribution in [1.29, 1.82) is 0 Å². The van der Waals surface area contributed by atoms with E-state index in [2.05, 4.69) is 10.3 Å². The highest BCUT2D eigenvalue weighted by molar-refractivity contribution is 5.91. The van der Waals surface area contributed by atoms with Gasteiger partial charge in [0.05, 0.1) is 20.1 Å². The van der Waals surface area contributed by atoms with Crippen LogP contribution >= 0.6 is 0 Å². The number of ether oxygens (including phenoxy) is 2. The Morgan fingerprint density at radius 2 is 2.32 bits per heavy atom. The van der Waals surface area contributed by atoms with Crippen LogP contribution in [0.5, 0.6) is 5.75 Å². The first kappa shape index (κ1) is 17.3. The minimum atomic E-state index is -1.02. The predicted octanol–water partition coefficient (Wildman–Crippen LogP) is 1.71. The van der Waals surface area contributed by atoms with Crippen LogP contribution in [0.15, 0.2) is 24.4 Å². The van der Waals surface area contributed by atoms with Gasteiger partial charge < -0.3 is 24.9 Å². The van der Waals surface area contributed by atoms with Gasteiger partial charge in [-0.3, -0.25) is 4.79 Å². The number of aliphatic carboxylic acids is 1. The van der Waals surface area contributed by atoms with Crippen molar-refractivity contribution in [3.63, 3.8) is 0 Å². The maximum atomic E-state index is 12.4. The normalized spacial score (nSPS) is 18.7. The summed E-state index contributed by atoms with van der Waals surface area (Å²) in [6.07, 6.45) is 3.42. The summed E-state index contributed by atoms with van der Waals surface area (Å²) >= 11 is 0. The number of aromatic nitrogens is 1. The fourth-order valence-corrected chi connectivity index (χ4v) is 3.24. The fourth-order valence-electron chi connectivity index (χ4n) is 3.24. The van der Waals surface area contributed by atoms with Crippen LogP contribution in [0.25, 0.3) is 10.9 Å². The molecule has 7 heteroatoms. The molecule has 134 valence electrons. The predicted molar refractivity (Wildman–Crippen MR) is 91.7 cm³/mol. The number of hydrogen-bond acceptors (Lipinski definition) is 4. The van der Waals surface area contributed by atoms with Crippen LogP contribution in [-0.4, -0.2) is 48.3 Å². The van der Waals surface area contributed by atoms with Gasteiger partial charge in [-0.25, -0.2) is 4.79 Å². The first-order valence-corrected chi connectivity index (χ1v) is 8.32. The van der Waals surface area contributed by atoms with Crippen molar-refractivity contribution < 1.29 is 24.2 Å². The molecule has 1 aromatic carbocycles. The molecule has 1 saturated heterocycles. The summed E-state index contributed by atoms with van der Waals surface area (Å²) in [6, 6.07) is 4.66. The Labute approximate surface area is 145 Å². The number of hydrogen-bond donors (Lipinski definition) is 3. The number of carboxylic acids is 1. The minimum absolute atomic E-state index is 0.102. The van der Waals surface area contributed by atoms with Gasteiger partial charge in [0.15, 0.2) is 0 Å². The number of amides is 1. The van der Waals surface area contributed by atoms with Gasteiger partial charge in [-0.15, -0.1) is 0 Å². The molecule has 2 atom stereocenters. The van der Waals surface area contributed by atoms with Crippen molar-refractivity contribution in [1.82, 2.24) is 10.3 Å². The number of benzene rings is 1. The molecule has 3 N–H and O–H groups in total. The van der Waals surface area contributed by atoms with Crippen LogP contribution in [0.2, 0.25) is 0 Å². The second kappa shape index (κ2) is 7.57. The quantitative estimate of drug-likeness (QED) is 0.739. The molecule has 3 rings (SSSR count). The molecule has 1 fully saturated rings. The van der Waals surface area contributed by atoms with E-state index in [-0.39, 0.29) is 18.2 Å². The molecule has 0 saturated carbocycles. The Bertz CT molecular complexity index is 764. The zero-order valence-electron chi connectivity index (χ0n) is 14.1. The number of carbonyl (C=O) groups is 2. The molecule has 7 nitrogen and oxygen atoms in total. The Morgan fingerprint density at radius 1 is 1.48 bits per heavy atom. The van der Waals surface area contributed by atoms with Gasteiger partial charge in [0.1, 0.15) is 11.8 Å². The topological polar surface area (TPSA) is 101 Å². The molecule has 0 bridgehead atoms. The Kier molecular flexibility index (Phi) is 5.23. The summed E-state index contributed by atoms with van der Waals surface area (Å²) < 4.78 is 10.6. The highest BCUT2D eigenvalue weighted by Crippen LogP contribution is 2.24. The second-order valence-electron chi connectivity index (χ2n) is 6.26. The van der Waals surface area contributed by atoms with E-state index >= 15 is 0 Å². The molecule has 1 aliphatic heterocycles. The number of aromatic amines is 1. The van der Waals surface area contributed by atoms with E-state index in [0.717, 1.165) is 29.3 Å². The third-order valence-corrected chi connectivity index (χ3v) is 4.58. The third kappa shape index (κ3) is 3.93. The van der Waals surface area contributed by atoms with Crippen molar-refractivity contribution in [2.24, 2.45) is 5.92 Å². The Morgan fingerprint density at radius 3 is 3.00 bits per heavy atom. The van der Waals surface area contributed by atoms with Crippen molar-refractivity contribution in [2.45, 2.75) is 25.3 Å². The average molecular weight is 346 g/mol. The number of H-pyrrole nitrogens is 1. The lowest BCUT2D eigenvalue weighted by Gasteiger charge is -2.28.